The van der Waals surface area contributed by atoms with Crippen LogP contribution in [0.2, 0.25) is 10.0 Å². The van der Waals surface area contributed by atoms with Gasteiger partial charge in [0, 0.05) is 18.1 Å². The van der Waals surface area contributed by atoms with Gasteiger partial charge in [-0.25, -0.2) is 0 Å². The van der Waals surface area contributed by atoms with E-state index in [1.807, 2.05) is 0 Å². The number of rotatable bonds is 6. The Morgan fingerprint density at radius 1 is 0.950 bits per heavy atom. The molecule has 0 fully saturated rings. The summed E-state index contributed by atoms with van der Waals surface area (Å²) in [5.74, 6) is 1.93. The third-order valence-electron chi connectivity index (χ3n) is 2.52. The summed E-state index contributed by atoms with van der Waals surface area (Å²) in [6.07, 6.45) is 0.610. The van der Waals surface area contributed by atoms with Crippen molar-refractivity contribution in [2.75, 3.05) is 13.2 Å². The second-order valence-electron chi connectivity index (χ2n) is 4.07. The van der Waals surface area contributed by atoms with Gasteiger partial charge >= 0.3 is 0 Å². The molecule has 0 heterocycles. The van der Waals surface area contributed by atoms with E-state index in [9.17, 15) is 0 Å². The molecular formula is C15H14Cl2O3. The van der Waals surface area contributed by atoms with Crippen molar-refractivity contribution in [3.63, 3.8) is 0 Å². The number of halogens is 2. The van der Waals surface area contributed by atoms with Crippen LogP contribution in [0.4, 0.5) is 0 Å². The van der Waals surface area contributed by atoms with Crippen LogP contribution < -0.4 is 9.47 Å². The quantitative estimate of drug-likeness (QED) is 0.795. The molecule has 0 aliphatic heterocycles. The summed E-state index contributed by atoms with van der Waals surface area (Å²) in [5.41, 5.74) is 0. The van der Waals surface area contributed by atoms with Crippen molar-refractivity contribution < 1.29 is 14.6 Å². The van der Waals surface area contributed by atoms with Crippen LogP contribution >= 0.6 is 23.2 Å². The molecule has 0 aliphatic rings. The van der Waals surface area contributed by atoms with Gasteiger partial charge in [0.25, 0.3) is 0 Å². The van der Waals surface area contributed by atoms with Crippen molar-refractivity contribution in [3.05, 3.63) is 52.5 Å². The average Bonchev–Trinajstić information content (AvgIpc) is 2.44. The molecule has 1 N–H and O–H groups in total. The zero-order chi connectivity index (χ0) is 14.4. The summed E-state index contributed by atoms with van der Waals surface area (Å²) in [4.78, 5) is 0. The normalized spacial score (nSPS) is 10.3. The maximum Gasteiger partial charge on any atom is 0.146 e. The van der Waals surface area contributed by atoms with Crippen LogP contribution in [-0.4, -0.2) is 18.3 Å². The van der Waals surface area contributed by atoms with Crippen molar-refractivity contribution in [3.8, 4) is 17.2 Å². The van der Waals surface area contributed by atoms with E-state index >= 15 is 0 Å². The van der Waals surface area contributed by atoms with Crippen molar-refractivity contribution in [1.29, 1.82) is 0 Å². The lowest BCUT2D eigenvalue weighted by atomic mass is 10.3. The monoisotopic (exact) mass is 312 g/mol. The van der Waals surface area contributed by atoms with E-state index in [1.165, 1.54) is 0 Å². The predicted molar refractivity (Wildman–Crippen MR) is 80.2 cm³/mol. The van der Waals surface area contributed by atoms with Crippen molar-refractivity contribution in [1.82, 2.24) is 0 Å². The first-order chi connectivity index (χ1) is 9.69. The summed E-state index contributed by atoms with van der Waals surface area (Å²) in [6.45, 7) is 0.607. The number of hydrogen-bond acceptors (Lipinski definition) is 3. The molecule has 5 heteroatoms. The molecule has 20 heavy (non-hydrogen) atoms. The van der Waals surface area contributed by atoms with Gasteiger partial charge in [0.1, 0.15) is 17.2 Å². The Hall–Kier alpha value is -1.42. The zero-order valence-corrected chi connectivity index (χ0v) is 12.2. The number of hydrogen-bond donors (Lipinski definition) is 1. The van der Waals surface area contributed by atoms with Crippen molar-refractivity contribution in [2.45, 2.75) is 6.42 Å². The maximum absolute atomic E-state index is 8.68. The lowest BCUT2D eigenvalue weighted by molar-refractivity contribution is 0.233. The highest BCUT2D eigenvalue weighted by Crippen LogP contribution is 2.32. The van der Waals surface area contributed by atoms with E-state index in [0.717, 1.165) is 5.75 Å². The topological polar surface area (TPSA) is 38.7 Å². The van der Waals surface area contributed by atoms with Crippen LogP contribution in [0.15, 0.2) is 42.5 Å². The standard InChI is InChI=1S/C15H14Cl2O3/c16-11-2-7-15(14(17)10-11)20-13-5-3-12(4-6-13)19-9-1-8-18/h2-7,10,18H,1,8-9H2. The minimum Gasteiger partial charge on any atom is -0.494 e. The Bertz CT molecular complexity index is 556. The van der Waals surface area contributed by atoms with Gasteiger partial charge in [0.2, 0.25) is 0 Å². The van der Waals surface area contributed by atoms with Crippen LogP contribution in [0, 0.1) is 0 Å². The molecule has 2 aromatic rings. The molecule has 2 rings (SSSR count). The Morgan fingerprint density at radius 2 is 1.65 bits per heavy atom. The minimum absolute atomic E-state index is 0.121. The third kappa shape index (κ3) is 4.30. The summed E-state index contributed by atoms with van der Waals surface area (Å²) >= 11 is 11.9. The molecular weight excluding hydrogens is 299 g/mol. The molecule has 106 valence electrons. The minimum atomic E-state index is 0.121. The molecule has 0 unspecified atom stereocenters. The van der Waals surface area contributed by atoms with Crippen LogP contribution in [-0.2, 0) is 0 Å². The molecule has 0 spiro atoms. The Kier molecular flexibility index (Phi) is 5.53. The Balaban J connectivity index is 1.99. The average molecular weight is 313 g/mol. The fraction of sp³-hybridized carbons (Fsp3) is 0.200. The number of ether oxygens (including phenoxy) is 2. The van der Waals surface area contributed by atoms with Gasteiger partial charge in [-0.05, 0) is 42.5 Å². The van der Waals surface area contributed by atoms with E-state index < -0.39 is 0 Å². The Labute approximate surface area is 127 Å². The lowest BCUT2D eigenvalue weighted by Gasteiger charge is -2.09. The molecule has 0 amide bonds. The number of benzene rings is 2. The van der Waals surface area contributed by atoms with E-state index in [4.69, 9.17) is 37.8 Å². The molecule has 0 atom stereocenters. The molecule has 0 aromatic heterocycles. The van der Waals surface area contributed by atoms with E-state index in [1.54, 1.807) is 42.5 Å². The largest absolute Gasteiger partial charge is 0.494 e. The second-order valence-corrected chi connectivity index (χ2v) is 4.92. The van der Waals surface area contributed by atoms with Crippen LogP contribution in [0.1, 0.15) is 6.42 Å². The molecule has 0 bridgehead atoms. The van der Waals surface area contributed by atoms with E-state index in [2.05, 4.69) is 0 Å². The second kappa shape index (κ2) is 7.39. The van der Waals surface area contributed by atoms with Gasteiger partial charge in [-0.3, -0.25) is 0 Å². The predicted octanol–water partition coefficient (Wildman–Crippen LogP) is 4.55. The van der Waals surface area contributed by atoms with E-state index in [-0.39, 0.29) is 6.61 Å². The summed E-state index contributed by atoms with van der Waals surface area (Å²) in [7, 11) is 0. The molecule has 0 aliphatic carbocycles. The van der Waals surface area contributed by atoms with Crippen molar-refractivity contribution >= 4 is 23.2 Å². The highest BCUT2D eigenvalue weighted by atomic mass is 35.5. The highest BCUT2D eigenvalue weighted by Gasteiger charge is 2.04. The SMILES string of the molecule is OCCCOc1ccc(Oc2ccc(Cl)cc2Cl)cc1. The van der Waals surface area contributed by atoms with Crippen LogP contribution in [0.3, 0.4) is 0 Å². The van der Waals surface area contributed by atoms with Gasteiger partial charge in [-0.15, -0.1) is 0 Å². The van der Waals surface area contributed by atoms with Gasteiger partial charge in [-0.1, -0.05) is 23.2 Å². The van der Waals surface area contributed by atoms with Gasteiger partial charge < -0.3 is 14.6 Å². The molecule has 0 radical (unpaired) electrons. The van der Waals surface area contributed by atoms with Crippen LogP contribution in [0.5, 0.6) is 17.2 Å². The third-order valence-corrected chi connectivity index (χ3v) is 3.05. The number of aliphatic hydroxyl groups is 1. The maximum atomic E-state index is 8.68. The first kappa shape index (κ1) is 15.0. The summed E-state index contributed by atoms with van der Waals surface area (Å²) < 4.78 is 11.1. The van der Waals surface area contributed by atoms with Gasteiger partial charge in [0.05, 0.1) is 11.6 Å². The Morgan fingerprint density at radius 3 is 2.30 bits per heavy atom. The van der Waals surface area contributed by atoms with Crippen LogP contribution in [0.25, 0.3) is 0 Å². The fourth-order valence-corrected chi connectivity index (χ4v) is 1.99. The number of aliphatic hydroxyl groups excluding tert-OH is 1. The highest BCUT2D eigenvalue weighted by molar-refractivity contribution is 6.35. The summed E-state index contributed by atoms with van der Waals surface area (Å²) in [5, 5.41) is 9.70. The van der Waals surface area contributed by atoms with E-state index in [0.29, 0.717) is 34.6 Å². The lowest BCUT2D eigenvalue weighted by Crippen LogP contribution is -1.99. The first-order valence-electron chi connectivity index (χ1n) is 6.15. The molecule has 0 saturated heterocycles. The first-order valence-corrected chi connectivity index (χ1v) is 6.91. The zero-order valence-electron chi connectivity index (χ0n) is 10.7. The van der Waals surface area contributed by atoms with Gasteiger partial charge in [0.15, 0.2) is 0 Å². The fourth-order valence-electron chi connectivity index (χ4n) is 1.54. The van der Waals surface area contributed by atoms with Crippen molar-refractivity contribution in [2.24, 2.45) is 0 Å². The molecule has 3 nitrogen and oxygen atoms in total. The van der Waals surface area contributed by atoms with Gasteiger partial charge in [-0.2, -0.15) is 0 Å². The molecule has 0 saturated carbocycles. The summed E-state index contributed by atoms with van der Waals surface area (Å²) in [6, 6.07) is 12.3. The smallest absolute Gasteiger partial charge is 0.146 e. The molecule has 2 aromatic carbocycles.